The Hall–Kier alpha value is -3.23. The number of benzene rings is 2. The summed E-state index contributed by atoms with van der Waals surface area (Å²) in [5.41, 5.74) is 5.74. The lowest BCUT2D eigenvalue weighted by atomic mass is 10.1. The lowest BCUT2D eigenvalue weighted by Gasteiger charge is -2.03. The normalized spacial score (nSPS) is 11.2. The van der Waals surface area contributed by atoms with Crippen molar-refractivity contribution in [3.8, 4) is 11.3 Å². The van der Waals surface area contributed by atoms with Gasteiger partial charge in [0, 0.05) is 10.6 Å². The van der Waals surface area contributed by atoms with E-state index in [4.69, 9.17) is 11.6 Å². The standard InChI is InChI=1S/C20H15ClN6OS/c21-16-8-6-14(7-9-16)12-22-24-19(28)13-29-20-25-23-18-11-10-17(26-27(18)20)15-4-2-1-3-5-15/h1-12H,13H2,(H,24,28)/b22-12+. The third-order valence-corrected chi connectivity index (χ3v) is 5.08. The lowest BCUT2D eigenvalue weighted by Crippen LogP contribution is -2.19. The topological polar surface area (TPSA) is 84.5 Å². The predicted octanol–water partition coefficient (Wildman–Crippen LogP) is 3.69. The van der Waals surface area contributed by atoms with E-state index >= 15 is 0 Å². The van der Waals surface area contributed by atoms with Crippen LogP contribution in [-0.2, 0) is 4.79 Å². The van der Waals surface area contributed by atoms with E-state index in [0.29, 0.717) is 15.8 Å². The first-order valence-electron chi connectivity index (χ1n) is 8.67. The number of halogens is 1. The second kappa shape index (κ2) is 8.85. The zero-order valence-corrected chi connectivity index (χ0v) is 16.6. The molecular weight excluding hydrogens is 408 g/mol. The summed E-state index contributed by atoms with van der Waals surface area (Å²) in [6, 6.07) is 20.7. The zero-order chi connectivity index (χ0) is 20.1. The van der Waals surface area contributed by atoms with Crippen LogP contribution in [0.25, 0.3) is 16.9 Å². The fraction of sp³-hybridized carbons (Fsp3) is 0.0500. The van der Waals surface area contributed by atoms with Crippen molar-refractivity contribution >= 4 is 41.1 Å². The summed E-state index contributed by atoms with van der Waals surface area (Å²) < 4.78 is 1.64. The number of hydrogen-bond acceptors (Lipinski definition) is 6. The maximum absolute atomic E-state index is 12.1. The number of nitrogens with one attached hydrogen (secondary N) is 1. The highest BCUT2D eigenvalue weighted by Crippen LogP contribution is 2.20. The monoisotopic (exact) mass is 422 g/mol. The number of carbonyl (C=O) groups is 1. The van der Waals surface area contributed by atoms with Crippen LogP contribution in [0.15, 0.2) is 77.0 Å². The highest BCUT2D eigenvalue weighted by molar-refractivity contribution is 7.99. The van der Waals surface area contributed by atoms with Gasteiger partial charge in [-0.1, -0.05) is 65.8 Å². The second-order valence-electron chi connectivity index (χ2n) is 5.97. The molecule has 0 spiro atoms. The zero-order valence-electron chi connectivity index (χ0n) is 15.1. The van der Waals surface area contributed by atoms with Crippen LogP contribution in [0.2, 0.25) is 5.02 Å². The van der Waals surface area contributed by atoms with E-state index in [9.17, 15) is 4.79 Å². The number of aromatic nitrogens is 4. The number of hydrogen-bond donors (Lipinski definition) is 1. The summed E-state index contributed by atoms with van der Waals surface area (Å²) in [6.45, 7) is 0. The molecule has 0 saturated heterocycles. The summed E-state index contributed by atoms with van der Waals surface area (Å²) in [5, 5.41) is 17.9. The van der Waals surface area contributed by atoms with E-state index in [1.807, 2.05) is 54.6 Å². The minimum absolute atomic E-state index is 0.135. The van der Waals surface area contributed by atoms with Gasteiger partial charge in [0.05, 0.1) is 17.7 Å². The van der Waals surface area contributed by atoms with E-state index in [0.717, 1.165) is 16.8 Å². The fourth-order valence-electron chi connectivity index (χ4n) is 2.51. The van der Waals surface area contributed by atoms with Crippen LogP contribution >= 0.6 is 23.4 Å². The molecule has 4 rings (SSSR count). The molecule has 0 aliphatic rings. The summed E-state index contributed by atoms with van der Waals surface area (Å²) in [7, 11) is 0. The Morgan fingerprint density at radius 1 is 1.07 bits per heavy atom. The molecule has 1 amide bonds. The molecule has 0 aliphatic carbocycles. The van der Waals surface area contributed by atoms with Gasteiger partial charge in [0.25, 0.3) is 5.91 Å². The fourth-order valence-corrected chi connectivity index (χ4v) is 3.32. The quantitative estimate of drug-likeness (QED) is 0.291. The molecule has 0 bridgehead atoms. The number of rotatable bonds is 6. The van der Waals surface area contributed by atoms with Crippen molar-refractivity contribution in [3.05, 3.63) is 77.3 Å². The average Bonchev–Trinajstić information content (AvgIpc) is 3.16. The van der Waals surface area contributed by atoms with Gasteiger partial charge in [-0.25, -0.2) is 5.43 Å². The third-order valence-electron chi connectivity index (χ3n) is 3.91. The van der Waals surface area contributed by atoms with Crippen molar-refractivity contribution in [2.24, 2.45) is 5.10 Å². The maximum atomic E-state index is 12.1. The molecule has 7 nitrogen and oxygen atoms in total. The molecule has 4 aromatic rings. The second-order valence-corrected chi connectivity index (χ2v) is 7.35. The van der Waals surface area contributed by atoms with Gasteiger partial charge in [-0.05, 0) is 29.8 Å². The molecule has 0 radical (unpaired) electrons. The van der Waals surface area contributed by atoms with E-state index in [-0.39, 0.29) is 11.7 Å². The first-order chi connectivity index (χ1) is 14.2. The SMILES string of the molecule is O=C(CSc1nnc2ccc(-c3ccccc3)nn12)N/N=C/c1ccc(Cl)cc1. The summed E-state index contributed by atoms with van der Waals surface area (Å²) in [6.07, 6.45) is 1.55. The van der Waals surface area contributed by atoms with Crippen molar-refractivity contribution in [1.29, 1.82) is 0 Å². The van der Waals surface area contributed by atoms with Gasteiger partial charge in [0.15, 0.2) is 5.65 Å². The molecular formula is C20H15ClN6OS. The Morgan fingerprint density at radius 2 is 1.86 bits per heavy atom. The Morgan fingerprint density at radius 3 is 2.66 bits per heavy atom. The molecule has 2 aromatic heterocycles. The van der Waals surface area contributed by atoms with Crippen LogP contribution in [0.4, 0.5) is 0 Å². The average molecular weight is 423 g/mol. The van der Waals surface area contributed by atoms with Crippen LogP contribution in [0.5, 0.6) is 0 Å². The van der Waals surface area contributed by atoms with Crippen molar-refractivity contribution in [2.45, 2.75) is 5.16 Å². The van der Waals surface area contributed by atoms with Crippen LogP contribution in [0.1, 0.15) is 5.56 Å². The van der Waals surface area contributed by atoms with E-state index < -0.39 is 0 Å². The molecule has 2 heterocycles. The van der Waals surface area contributed by atoms with E-state index in [1.165, 1.54) is 11.8 Å². The first-order valence-corrected chi connectivity index (χ1v) is 10.0. The smallest absolute Gasteiger partial charge is 0.250 e. The lowest BCUT2D eigenvalue weighted by molar-refractivity contribution is -0.118. The summed E-state index contributed by atoms with van der Waals surface area (Å²) in [5.74, 6) is -0.119. The predicted molar refractivity (Wildman–Crippen MR) is 114 cm³/mol. The Bertz CT molecular complexity index is 1160. The van der Waals surface area contributed by atoms with Crippen LogP contribution in [0.3, 0.4) is 0 Å². The minimum atomic E-state index is -0.254. The van der Waals surface area contributed by atoms with Crippen molar-refractivity contribution in [2.75, 3.05) is 5.75 Å². The van der Waals surface area contributed by atoms with Gasteiger partial charge >= 0.3 is 0 Å². The molecule has 0 aliphatic heterocycles. The number of hydrazone groups is 1. The first kappa shape index (κ1) is 19.1. The number of nitrogens with zero attached hydrogens (tertiary/aromatic N) is 5. The summed E-state index contributed by atoms with van der Waals surface area (Å²) in [4.78, 5) is 12.1. The maximum Gasteiger partial charge on any atom is 0.250 e. The number of fused-ring (bicyclic) bond motifs is 1. The Labute approximate surface area is 175 Å². The number of carbonyl (C=O) groups excluding carboxylic acids is 1. The highest BCUT2D eigenvalue weighted by atomic mass is 35.5. The number of amides is 1. The molecule has 29 heavy (non-hydrogen) atoms. The van der Waals surface area contributed by atoms with E-state index in [1.54, 1.807) is 22.9 Å². The van der Waals surface area contributed by atoms with Gasteiger partial charge in [-0.2, -0.15) is 14.7 Å². The van der Waals surface area contributed by atoms with Crippen LogP contribution in [-0.4, -0.2) is 37.7 Å². The summed E-state index contributed by atoms with van der Waals surface area (Å²) >= 11 is 7.08. The van der Waals surface area contributed by atoms with Gasteiger partial charge in [0.1, 0.15) is 0 Å². The van der Waals surface area contributed by atoms with Crippen LogP contribution in [0, 0.1) is 0 Å². The van der Waals surface area contributed by atoms with Gasteiger partial charge in [0.2, 0.25) is 5.16 Å². The third kappa shape index (κ3) is 4.79. The van der Waals surface area contributed by atoms with Crippen molar-refractivity contribution in [1.82, 2.24) is 25.2 Å². The van der Waals surface area contributed by atoms with E-state index in [2.05, 4.69) is 25.8 Å². The van der Waals surface area contributed by atoms with Gasteiger partial charge in [-0.3, -0.25) is 4.79 Å². The molecule has 0 unspecified atom stereocenters. The van der Waals surface area contributed by atoms with Gasteiger partial charge in [-0.15, -0.1) is 10.2 Å². The molecule has 1 N–H and O–H groups in total. The van der Waals surface area contributed by atoms with Crippen molar-refractivity contribution < 1.29 is 4.79 Å². The molecule has 0 saturated carbocycles. The molecule has 0 fully saturated rings. The molecule has 9 heteroatoms. The largest absolute Gasteiger partial charge is 0.272 e. The molecule has 2 aromatic carbocycles. The van der Waals surface area contributed by atoms with Crippen molar-refractivity contribution in [3.63, 3.8) is 0 Å². The number of thioether (sulfide) groups is 1. The molecule has 144 valence electrons. The molecule has 0 atom stereocenters. The van der Waals surface area contributed by atoms with Gasteiger partial charge < -0.3 is 0 Å². The van der Waals surface area contributed by atoms with Crippen LogP contribution < -0.4 is 5.43 Å². The Balaban J connectivity index is 1.40. The minimum Gasteiger partial charge on any atom is -0.272 e. The highest BCUT2D eigenvalue weighted by Gasteiger charge is 2.11. The Kier molecular flexibility index (Phi) is 5.83.